The maximum Gasteiger partial charge on any atom is 0.305 e. The number of esters is 1. The number of thiophene rings is 1. The second-order valence-electron chi connectivity index (χ2n) is 5.72. The van der Waals surface area contributed by atoms with Crippen molar-refractivity contribution in [3.8, 4) is 0 Å². The van der Waals surface area contributed by atoms with E-state index in [-0.39, 0.29) is 11.5 Å². The molecule has 1 aliphatic carbocycles. The minimum absolute atomic E-state index is 0.0248. The highest BCUT2D eigenvalue weighted by Gasteiger charge is 2.24. The number of H-pyrrole nitrogens is 1. The van der Waals surface area contributed by atoms with Crippen LogP contribution in [-0.4, -0.2) is 22.5 Å². The third-order valence-electron chi connectivity index (χ3n) is 4.25. The van der Waals surface area contributed by atoms with E-state index in [4.69, 9.17) is 4.74 Å². The van der Waals surface area contributed by atoms with Crippen LogP contribution in [0.4, 0.5) is 0 Å². The Morgan fingerprint density at radius 3 is 3.23 bits per heavy atom. The normalized spacial score (nSPS) is 17.4. The molecule has 0 aromatic carbocycles. The third kappa shape index (κ3) is 3.06. The lowest BCUT2D eigenvalue weighted by Gasteiger charge is -2.21. The lowest BCUT2D eigenvalue weighted by Crippen LogP contribution is -2.15. The zero-order chi connectivity index (χ0) is 15.5. The number of carbonyl (C=O) groups is 1. The molecule has 0 saturated heterocycles. The number of fused-ring (bicyclic) bond motifs is 3. The summed E-state index contributed by atoms with van der Waals surface area (Å²) >= 11 is 1.64. The SMILES string of the molecule is CCOC(=O)CCCC1CCc2c(sc3nc[nH]c(=O)c23)C1. The van der Waals surface area contributed by atoms with Crippen LogP contribution in [0.3, 0.4) is 0 Å². The van der Waals surface area contributed by atoms with Gasteiger partial charge in [0.05, 0.1) is 18.3 Å². The topological polar surface area (TPSA) is 72.0 Å². The predicted molar refractivity (Wildman–Crippen MR) is 86.2 cm³/mol. The Hall–Kier alpha value is -1.69. The van der Waals surface area contributed by atoms with Gasteiger partial charge in [0.1, 0.15) is 4.83 Å². The molecule has 2 aromatic heterocycles. The van der Waals surface area contributed by atoms with Crippen molar-refractivity contribution in [3.05, 3.63) is 27.1 Å². The van der Waals surface area contributed by atoms with E-state index in [0.29, 0.717) is 18.9 Å². The van der Waals surface area contributed by atoms with Crippen LogP contribution < -0.4 is 5.56 Å². The molecule has 2 aromatic rings. The zero-order valence-corrected chi connectivity index (χ0v) is 13.5. The molecular weight excluding hydrogens is 300 g/mol. The highest BCUT2D eigenvalue weighted by molar-refractivity contribution is 7.18. The fourth-order valence-corrected chi connectivity index (χ4v) is 4.50. The Labute approximate surface area is 132 Å². The number of hydrogen-bond donors (Lipinski definition) is 1. The summed E-state index contributed by atoms with van der Waals surface area (Å²) in [7, 11) is 0. The van der Waals surface area contributed by atoms with Crippen molar-refractivity contribution in [3.63, 3.8) is 0 Å². The first-order chi connectivity index (χ1) is 10.7. The summed E-state index contributed by atoms with van der Waals surface area (Å²) in [5.74, 6) is 0.491. The fraction of sp³-hybridized carbons (Fsp3) is 0.562. The first kappa shape index (κ1) is 15.2. The van der Waals surface area contributed by atoms with Gasteiger partial charge in [-0.05, 0) is 50.5 Å². The molecule has 0 spiro atoms. The maximum absolute atomic E-state index is 12.0. The van der Waals surface area contributed by atoms with Crippen LogP contribution in [0, 0.1) is 5.92 Å². The molecule has 1 atom stereocenters. The van der Waals surface area contributed by atoms with E-state index in [9.17, 15) is 9.59 Å². The lowest BCUT2D eigenvalue weighted by molar-refractivity contribution is -0.143. The number of aryl methyl sites for hydroxylation is 1. The molecule has 1 unspecified atom stereocenters. The van der Waals surface area contributed by atoms with E-state index in [1.807, 2.05) is 6.92 Å². The van der Waals surface area contributed by atoms with E-state index in [2.05, 4.69) is 9.97 Å². The average Bonchev–Trinajstić information content (AvgIpc) is 2.86. The molecule has 0 aliphatic heterocycles. The van der Waals surface area contributed by atoms with Crippen LogP contribution in [0.15, 0.2) is 11.1 Å². The molecular formula is C16H20N2O3S. The molecule has 0 fully saturated rings. The minimum Gasteiger partial charge on any atom is -0.466 e. The molecule has 0 amide bonds. The quantitative estimate of drug-likeness (QED) is 0.860. The summed E-state index contributed by atoms with van der Waals surface area (Å²) in [6.07, 6.45) is 6.91. The molecule has 1 aliphatic rings. The van der Waals surface area contributed by atoms with E-state index in [0.717, 1.165) is 42.3 Å². The Morgan fingerprint density at radius 2 is 2.41 bits per heavy atom. The van der Waals surface area contributed by atoms with E-state index >= 15 is 0 Å². The van der Waals surface area contributed by atoms with E-state index in [1.165, 1.54) is 16.8 Å². The van der Waals surface area contributed by atoms with Crippen molar-refractivity contribution >= 4 is 27.5 Å². The number of nitrogens with one attached hydrogen (secondary N) is 1. The number of aromatic nitrogens is 2. The van der Waals surface area contributed by atoms with Crippen LogP contribution in [0.2, 0.25) is 0 Å². The molecule has 1 N–H and O–H groups in total. The summed E-state index contributed by atoms with van der Waals surface area (Å²) < 4.78 is 4.96. The second kappa shape index (κ2) is 6.60. The molecule has 118 valence electrons. The van der Waals surface area contributed by atoms with Gasteiger partial charge in [-0.2, -0.15) is 0 Å². The highest BCUT2D eigenvalue weighted by atomic mass is 32.1. The van der Waals surface area contributed by atoms with Crippen LogP contribution in [0.25, 0.3) is 10.2 Å². The number of carbonyl (C=O) groups excluding carboxylic acids is 1. The van der Waals surface area contributed by atoms with Crippen LogP contribution in [0.1, 0.15) is 43.0 Å². The molecule has 22 heavy (non-hydrogen) atoms. The summed E-state index contributed by atoms with van der Waals surface area (Å²) in [6.45, 7) is 2.28. The molecule has 0 saturated carbocycles. The summed E-state index contributed by atoms with van der Waals surface area (Å²) in [5, 5.41) is 0.785. The zero-order valence-electron chi connectivity index (χ0n) is 12.7. The smallest absolute Gasteiger partial charge is 0.305 e. The second-order valence-corrected chi connectivity index (χ2v) is 6.81. The standard InChI is InChI=1S/C16H20N2O3S/c1-2-21-13(19)5-3-4-10-6-7-11-12(8-10)22-16-14(11)15(20)17-9-18-16/h9-10H,2-8H2,1H3,(H,17,18,20). The van der Waals surface area contributed by atoms with Gasteiger partial charge < -0.3 is 9.72 Å². The maximum atomic E-state index is 12.0. The number of rotatable bonds is 5. The van der Waals surface area contributed by atoms with Gasteiger partial charge in [0.2, 0.25) is 0 Å². The van der Waals surface area contributed by atoms with Gasteiger partial charge in [0, 0.05) is 11.3 Å². The number of hydrogen-bond acceptors (Lipinski definition) is 5. The average molecular weight is 320 g/mol. The first-order valence-electron chi connectivity index (χ1n) is 7.82. The molecule has 3 rings (SSSR count). The van der Waals surface area contributed by atoms with Gasteiger partial charge in [-0.3, -0.25) is 9.59 Å². The fourth-order valence-electron chi connectivity index (χ4n) is 3.20. The Bertz CT molecular complexity index is 735. The number of aromatic amines is 1. The van der Waals surface area contributed by atoms with Gasteiger partial charge in [0.25, 0.3) is 5.56 Å². The molecule has 5 nitrogen and oxygen atoms in total. The van der Waals surface area contributed by atoms with Crippen molar-refractivity contribution in [2.24, 2.45) is 5.92 Å². The monoisotopic (exact) mass is 320 g/mol. The minimum atomic E-state index is -0.100. The van der Waals surface area contributed by atoms with Gasteiger partial charge in [-0.25, -0.2) is 4.98 Å². The largest absolute Gasteiger partial charge is 0.466 e. The lowest BCUT2D eigenvalue weighted by atomic mass is 9.85. The van der Waals surface area contributed by atoms with Gasteiger partial charge in [0.15, 0.2) is 0 Å². The van der Waals surface area contributed by atoms with Crippen molar-refractivity contribution in [1.29, 1.82) is 0 Å². The van der Waals surface area contributed by atoms with Crippen molar-refractivity contribution in [1.82, 2.24) is 9.97 Å². The first-order valence-corrected chi connectivity index (χ1v) is 8.64. The Kier molecular flexibility index (Phi) is 4.57. The third-order valence-corrected chi connectivity index (χ3v) is 5.41. The summed E-state index contributed by atoms with van der Waals surface area (Å²) in [5.41, 5.74) is 1.17. The van der Waals surface area contributed by atoms with Crippen LogP contribution in [0.5, 0.6) is 0 Å². The van der Waals surface area contributed by atoms with Gasteiger partial charge in [-0.15, -0.1) is 11.3 Å². The Balaban J connectivity index is 1.65. The molecule has 0 radical (unpaired) electrons. The molecule has 2 heterocycles. The number of nitrogens with zero attached hydrogens (tertiary/aromatic N) is 1. The van der Waals surface area contributed by atoms with Crippen molar-refractivity contribution in [2.45, 2.75) is 45.4 Å². The van der Waals surface area contributed by atoms with E-state index < -0.39 is 0 Å². The molecule has 0 bridgehead atoms. The van der Waals surface area contributed by atoms with Crippen molar-refractivity contribution in [2.75, 3.05) is 6.61 Å². The molecule has 6 heteroatoms. The number of ether oxygens (including phenoxy) is 1. The highest BCUT2D eigenvalue weighted by Crippen LogP contribution is 2.37. The van der Waals surface area contributed by atoms with Crippen molar-refractivity contribution < 1.29 is 9.53 Å². The van der Waals surface area contributed by atoms with Gasteiger partial charge >= 0.3 is 5.97 Å². The van der Waals surface area contributed by atoms with E-state index in [1.54, 1.807) is 11.3 Å². The summed E-state index contributed by atoms with van der Waals surface area (Å²) in [6, 6.07) is 0. The summed E-state index contributed by atoms with van der Waals surface area (Å²) in [4.78, 5) is 32.4. The van der Waals surface area contributed by atoms with Gasteiger partial charge in [-0.1, -0.05) is 0 Å². The van der Waals surface area contributed by atoms with Crippen LogP contribution in [-0.2, 0) is 22.4 Å². The Morgan fingerprint density at radius 1 is 1.55 bits per heavy atom. The predicted octanol–water partition coefficient (Wildman–Crippen LogP) is 2.82. The van der Waals surface area contributed by atoms with Crippen LogP contribution >= 0.6 is 11.3 Å².